The first kappa shape index (κ1) is 26.0. The van der Waals surface area contributed by atoms with Crippen molar-refractivity contribution in [2.75, 3.05) is 0 Å². The van der Waals surface area contributed by atoms with E-state index in [2.05, 4.69) is 30.2 Å². The number of ether oxygens (including phenoxy) is 1. The number of hydrogen-bond donors (Lipinski definition) is 3. The summed E-state index contributed by atoms with van der Waals surface area (Å²) in [5.74, 6) is -2.11. The fourth-order valence-corrected chi connectivity index (χ4v) is 7.66. The van der Waals surface area contributed by atoms with Gasteiger partial charge < -0.3 is 20.1 Å². The molecule has 1 saturated carbocycles. The molecule has 2 aliphatic carbocycles. The molecule has 6 rings (SSSR count). The summed E-state index contributed by atoms with van der Waals surface area (Å²) < 4.78 is 6.33. The Balaban J connectivity index is 1.46. The molecule has 1 spiro atoms. The van der Waals surface area contributed by atoms with Crippen LogP contribution < -0.4 is 5.32 Å². The number of aromatic amines is 1. The summed E-state index contributed by atoms with van der Waals surface area (Å²) in [5.41, 5.74) is 0.805. The average molecular weight is 529 g/mol. The monoisotopic (exact) mass is 528 g/mol. The number of H-pyrrole nitrogens is 1. The van der Waals surface area contributed by atoms with E-state index >= 15 is 0 Å². The van der Waals surface area contributed by atoms with E-state index in [1.165, 1.54) is 6.08 Å². The number of epoxide rings is 1. The van der Waals surface area contributed by atoms with Crippen LogP contribution in [0.3, 0.4) is 0 Å². The molecule has 0 unspecified atom stereocenters. The van der Waals surface area contributed by atoms with E-state index < -0.39 is 34.6 Å². The number of carbonyl (C=O) groups excluding carboxylic acids is 3. The summed E-state index contributed by atoms with van der Waals surface area (Å²) in [6, 6.07) is 7.77. The standard InChI is InChI=1S/C32H36N2O5/c1-17-8-7-10-22-29-31(4,39-29)19(3)27-24(15-20-16-33-23-11-6-5-9-21(20)23)34-30(38)32(22,27)26(36)13-12-25(35)28(37)18(2)14-17/h5-7,9-14,16-17,19,22,24,27-29,33,37H,8,15H2,1-4H3,(H,34,38)/b10-7+,13-12-,18-14-/t17-,19-,22-,24-,27-,28+,29-,31+,32+/m1/s1. The molecule has 1 amide bonds. The lowest BCUT2D eigenvalue weighted by Gasteiger charge is -2.45. The van der Waals surface area contributed by atoms with Gasteiger partial charge in [0.25, 0.3) is 0 Å². The smallest absolute Gasteiger partial charge is 0.235 e. The van der Waals surface area contributed by atoms with E-state index in [9.17, 15) is 19.5 Å². The summed E-state index contributed by atoms with van der Waals surface area (Å²) in [6.07, 6.45) is 9.89. The van der Waals surface area contributed by atoms with E-state index in [4.69, 9.17) is 4.74 Å². The van der Waals surface area contributed by atoms with Gasteiger partial charge in [0.1, 0.15) is 11.5 Å². The van der Waals surface area contributed by atoms with Gasteiger partial charge in [0.2, 0.25) is 5.91 Å². The van der Waals surface area contributed by atoms with Crippen LogP contribution in [0.4, 0.5) is 0 Å². The van der Waals surface area contributed by atoms with Crippen LogP contribution in [-0.4, -0.2) is 51.4 Å². The van der Waals surface area contributed by atoms with Crippen molar-refractivity contribution in [1.29, 1.82) is 0 Å². The number of nitrogens with one attached hydrogen (secondary N) is 2. The van der Waals surface area contributed by atoms with Gasteiger partial charge in [-0.15, -0.1) is 0 Å². The second-order valence-corrected chi connectivity index (χ2v) is 12.1. The molecule has 1 aromatic heterocycles. The highest BCUT2D eigenvalue weighted by molar-refractivity contribution is 6.15. The number of ketones is 2. The van der Waals surface area contributed by atoms with Crippen LogP contribution in [0.15, 0.2) is 66.4 Å². The van der Waals surface area contributed by atoms with Crippen molar-refractivity contribution in [2.24, 2.45) is 29.1 Å². The molecule has 2 saturated heterocycles. The van der Waals surface area contributed by atoms with Gasteiger partial charge in [-0.3, -0.25) is 14.4 Å². The summed E-state index contributed by atoms with van der Waals surface area (Å²) in [7, 11) is 0. The molecule has 7 heteroatoms. The summed E-state index contributed by atoms with van der Waals surface area (Å²) >= 11 is 0. The number of aromatic nitrogens is 1. The van der Waals surface area contributed by atoms with Gasteiger partial charge in [-0.05, 0) is 67.9 Å². The Morgan fingerprint density at radius 2 is 1.90 bits per heavy atom. The maximum absolute atomic E-state index is 14.2. The third kappa shape index (κ3) is 3.81. The SMILES string of the molecule is C/C1=C/[C@H](C)C/C=C/[C@@H]2[C@H]3O[C@@]3(C)[C@H](C)[C@@H]3[C@@H](Cc4c[nH]c5ccccc45)NC(=O)[C@@]32C(=O)/C=C\C(=O)[C@H]1O. The van der Waals surface area contributed by atoms with Crippen molar-refractivity contribution in [1.82, 2.24) is 10.3 Å². The Kier molecular flexibility index (Phi) is 6.08. The second kappa shape index (κ2) is 9.14. The first-order valence-electron chi connectivity index (χ1n) is 13.9. The van der Waals surface area contributed by atoms with Gasteiger partial charge in [-0.1, -0.05) is 50.3 Å². The molecule has 204 valence electrons. The number of amides is 1. The number of benzene rings is 1. The quantitative estimate of drug-likeness (QED) is 0.312. The van der Waals surface area contributed by atoms with Gasteiger partial charge in [0.05, 0.1) is 11.7 Å². The molecule has 2 aliphatic heterocycles. The summed E-state index contributed by atoms with van der Waals surface area (Å²) in [4.78, 5) is 44.5. The lowest BCUT2D eigenvalue weighted by Crippen LogP contribution is -2.58. The van der Waals surface area contributed by atoms with Crippen molar-refractivity contribution >= 4 is 28.4 Å². The maximum Gasteiger partial charge on any atom is 0.235 e. The predicted molar refractivity (Wildman–Crippen MR) is 148 cm³/mol. The van der Waals surface area contributed by atoms with Crippen LogP contribution in [0, 0.1) is 29.1 Å². The van der Waals surface area contributed by atoms with Gasteiger partial charge in [-0.2, -0.15) is 0 Å². The van der Waals surface area contributed by atoms with Gasteiger partial charge in [-0.25, -0.2) is 0 Å². The minimum atomic E-state index is -1.41. The number of hydrogen-bond acceptors (Lipinski definition) is 5. The topological polar surface area (TPSA) is 112 Å². The van der Waals surface area contributed by atoms with E-state index in [-0.39, 0.29) is 35.8 Å². The van der Waals surface area contributed by atoms with Crippen LogP contribution in [0.2, 0.25) is 0 Å². The van der Waals surface area contributed by atoms with E-state index in [1.807, 2.05) is 49.5 Å². The van der Waals surface area contributed by atoms with Crippen molar-refractivity contribution < 1.29 is 24.2 Å². The minimum Gasteiger partial charge on any atom is -0.381 e. The number of para-hydroxylation sites is 1. The van der Waals surface area contributed by atoms with Gasteiger partial charge >= 0.3 is 0 Å². The Morgan fingerprint density at radius 3 is 2.69 bits per heavy atom. The number of fused-ring (bicyclic) bond motifs is 3. The molecule has 4 aliphatic rings. The lowest BCUT2D eigenvalue weighted by molar-refractivity contribution is -0.145. The van der Waals surface area contributed by atoms with Crippen molar-refractivity contribution in [3.63, 3.8) is 0 Å². The Labute approximate surface area is 228 Å². The molecule has 7 nitrogen and oxygen atoms in total. The number of aliphatic hydroxyl groups excluding tert-OH is 1. The molecule has 39 heavy (non-hydrogen) atoms. The van der Waals surface area contributed by atoms with Crippen molar-refractivity contribution in [2.45, 2.75) is 64.4 Å². The zero-order chi connectivity index (χ0) is 27.7. The minimum absolute atomic E-state index is 0.0666. The zero-order valence-electron chi connectivity index (χ0n) is 22.8. The van der Waals surface area contributed by atoms with Crippen molar-refractivity contribution in [3.05, 3.63) is 72.0 Å². The predicted octanol–water partition coefficient (Wildman–Crippen LogP) is 3.83. The van der Waals surface area contributed by atoms with Gasteiger partial charge in [0, 0.05) is 35.0 Å². The van der Waals surface area contributed by atoms with Crippen LogP contribution in [-0.2, 0) is 25.5 Å². The van der Waals surface area contributed by atoms with Crippen molar-refractivity contribution in [3.8, 4) is 0 Å². The molecule has 0 radical (unpaired) electrons. The number of allylic oxidation sites excluding steroid dienone is 3. The molecular weight excluding hydrogens is 492 g/mol. The summed E-state index contributed by atoms with van der Waals surface area (Å²) in [5, 5.41) is 14.9. The molecule has 9 atom stereocenters. The Hall–Kier alpha value is -3.29. The number of rotatable bonds is 2. The molecule has 1 aromatic carbocycles. The molecular formula is C32H36N2O5. The highest BCUT2D eigenvalue weighted by Crippen LogP contribution is 2.66. The Morgan fingerprint density at radius 1 is 1.13 bits per heavy atom. The van der Waals surface area contributed by atoms with E-state index in [0.29, 0.717) is 18.4 Å². The number of carbonyl (C=O) groups is 3. The Bertz CT molecular complexity index is 1450. The maximum atomic E-state index is 14.2. The fraction of sp³-hybridized carbons (Fsp3) is 0.469. The zero-order valence-corrected chi connectivity index (χ0v) is 22.8. The molecule has 3 N–H and O–H groups in total. The third-order valence-corrected chi connectivity index (χ3v) is 9.86. The molecule has 2 aromatic rings. The molecule has 3 heterocycles. The average Bonchev–Trinajstić information content (AvgIpc) is 3.31. The van der Waals surface area contributed by atoms with Crippen LogP contribution in [0.1, 0.15) is 39.7 Å². The van der Waals surface area contributed by atoms with E-state index in [0.717, 1.165) is 22.5 Å². The normalized spacial score (nSPS) is 43.1. The summed E-state index contributed by atoms with van der Waals surface area (Å²) in [6.45, 7) is 7.90. The second-order valence-electron chi connectivity index (χ2n) is 12.1. The fourth-order valence-electron chi connectivity index (χ4n) is 7.66. The lowest BCUT2D eigenvalue weighted by atomic mass is 9.51. The highest BCUT2D eigenvalue weighted by Gasteiger charge is 2.78. The first-order valence-corrected chi connectivity index (χ1v) is 13.9. The van der Waals surface area contributed by atoms with Crippen LogP contribution in [0.5, 0.6) is 0 Å². The third-order valence-electron chi connectivity index (χ3n) is 9.86. The largest absolute Gasteiger partial charge is 0.381 e. The van der Waals surface area contributed by atoms with E-state index in [1.54, 1.807) is 6.92 Å². The molecule has 0 bridgehead atoms. The van der Waals surface area contributed by atoms with Crippen LogP contribution >= 0.6 is 0 Å². The van der Waals surface area contributed by atoms with Crippen LogP contribution in [0.25, 0.3) is 10.9 Å². The molecule has 3 fully saturated rings. The highest BCUT2D eigenvalue weighted by atomic mass is 16.6. The first-order chi connectivity index (χ1) is 18.6. The number of aliphatic hydroxyl groups is 1. The van der Waals surface area contributed by atoms with Gasteiger partial charge in [0.15, 0.2) is 11.6 Å².